The molecular weight excluding hydrogens is 412 g/mol. The molecule has 1 N–H and O–H groups in total. The number of benzene rings is 3. The van der Waals surface area contributed by atoms with Crippen LogP contribution in [-0.4, -0.2) is 43.5 Å². The van der Waals surface area contributed by atoms with Gasteiger partial charge in [-0.05, 0) is 35.6 Å². The first-order chi connectivity index (χ1) is 16.2. The van der Waals surface area contributed by atoms with Crippen LogP contribution in [0.2, 0.25) is 0 Å². The van der Waals surface area contributed by atoms with Gasteiger partial charge >= 0.3 is 0 Å². The largest absolute Gasteiger partial charge is 0.496 e. The third kappa shape index (κ3) is 5.61. The molecule has 33 heavy (non-hydrogen) atoms. The minimum Gasteiger partial charge on any atom is -0.496 e. The fourth-order valence-corrected chi connectivity index (χ4v) is 4.43. The predicted octanol–water partition coefficient (Wildman–Crippen LogP) is 4.11. The zero-order valence-electron chi connectivity index (χ0n) is 19.0. The van der Waals surface area contributed by atoms with E-state index in [1.807, 2.05) is 71.6 Å². The molecule has 0 saturated carbocycles. The summed E-state index contributed by atoms with van der Waals surface area (Å²) in [6.45, 7) is 1.46. The second-order valence-corrected chi connectivity index (χ2v) is 8.37. The molecule has 0 bridgehead atoms. The van der Waals surface area contributed by atoms with Crippen LogP contribution in [-0.2, 0) is 22.4 Å². The molecule has 0 unspecified atom stereocenters. The highest BCUT2D eigenvalue weighted by molar-refractivity contribution is 5.83. The standard InChI is InChI=1S/C28H30N2O3/c1-33-26-14-8-7-13-25(26)24-12-6-5-11-22(24)19-23-20-30(18-17-29-28(23)32)27(31)16-15-21-9-3-2-4-10-21/h2-14,23H,15-20H2,1H3,(H,29,32)/t23-/m1/s1. The van der Waals surface area contributed by atoms with Gasteiger partial charge in [-0.25, -0.2) is 0 Å². The van der Waals surface area contributed by atoms with Crippen LogP contribution in [0.25, 0.3) is 11.1 Å². The molecule has 1 aliphatic rings. The van der Waals surface area contributed by atoms with Gasteiger partial charge in [-0.1, -0.05) is 72.8 Å². The van der Waals surface area contributed by atoms with E-state index >= 15 is 0 Å². The van der Waals surface area contributed by atoms with E-state index in [4.69, 9.17) is 4.74 Å². The summed E-state index contributed by atoms with van der Waals surface area (Å²) in [6, 6.07) is 26.1. The van der Waals surface area contributed by atoms with Gasteiger partial charge in [0.05, 0.1) is 13.0 Å². The number of nitrogens with zero attached hydrogens (tertiary/aromatic N) is 1. The Morgan fingerprint density at radius 2 is 1.67 bits per heavy atom. The molecule has 5 heteroatoms. The van der Waals surface area contributed by atoms with E-state index in [0.29, 0.717) is 38.9 Å². The number of ether oxygens (including phenoxy) is 1. The Balaban J connectivity index is 1.50. The van der Waals surface area contributed by atoms with E-state index in [-0.39, 0.29) is 17.7 Å². The van der Waals surface area contributed by atoms with Gasteiger partial charge in [0.2, 0.25) is 11.8 Å². The topological polar surface area (TPSA) is 58.6 Å². The molecule has 2 amide bonds. The Kier molecular flexibility index (Phi) is 7.40. The molecular formula is C28H30N2O3. The van der Waals surface area contributed by atoms with Crippen LogP contribution >= 0.6 is 0 Å². The fourth-order valence-electron chi connectivity index (χ4n) is 4.43. The third-order valence-corrected chi connectivity index (χ3v) is 6.20. The number of rotatable bonds is 7. The van der Waals surface area contributed by atoms with Crippen molar-refractivity contribution in [2.45, 2.75) is 19.3 Å². The number of carbonyl (C=O) groups is 2. The normalized spacial score (nSPS) is 16.1. The predicted molar refractivity (Wildman–Crippen MR) is 130 cm³/mol. The number of hydrogen-bond donors (Lipinski definition) is 1. The summed E-state index contributed by atoms with van der Waals surface area (Å²) >= 11 is 0. The summed E-state index contributed by atoms with van der Waals surface area (Å²) in [5.74, 6) is 0.596. The molecule has 4 rings (SSSR count). The molecule has 3 aromatic carbocycles. The van der Waals surface area contributed by atoms with Gasteiger partial charge in [0.15, 0.2) is 0 Å². The quantitative estimate of drug-likeness (QED) is 0.599. The zero-order valence-corrected chi connectivity index (χ0v) is 19.0. The number of methoxy groups -OCH3 is 1. The van der Waals surface area contributed by atoms with Crippen LogP contribution in [0.5, 0.6) is 5.75 Å². The Hall–Kier alpha value is -3.60. The second-order valence-electron chi connectivity index (χ2n) is 8.37. The SMILES string of the molecule is COc1ccccc1-c1ccccc1C[C@@H]1CN(C(=O)CCc2ccccc2)CCNC1=O. The number of nitrogens with one attached hydrogen (secondary N) is 1. The van der Waals surface area contributed by atoms with Gasteiger partial charge in [-0.3, -0.25) is 9.59 Å². The summed E-state index contributed by atoms with van der Waals surface area (Å²) in [4.78, 5) is 27.7. The number of aryl methyl sites for hydroxylation is 1. The van der Waals surface area contributed by atoms with Crippen LogP contribution in [0.15, 0.2) is 78.9 Å². The molecule has 0 aliphatic carbocycles. The number of carbonyl (C=O) groups excluding carboxylic acids is 2. The Morgan fingerprint density at radius 3 is 2.45 bits per heavy atom. The molecule has 1 fully saturated rings. The molecule has 1 saturated heterocycles. The monoisotopic (exact) mass is 442 g/mol. The van der Waals surface area contributed by atoms with Crippen molar-refractivity contribution >= 4 is 11.8 Å². The average Bonchev–Trinajstić information content (AvgIpc) is 3.05. The summed E-state index contributed by atoms with van der Waals surface area (Å²) in [5, 5.41) is 3.00. The van der Waals surface area contributed by atoms with Crippen LogP contribution in [0.3, 0.4) is 0 Å². The van der Waals surface area contributed by atoms with Crippen molar-refractivity contribution in [2.75, 3.05) is 26.7 Å². The molecule has 0 spiro atoms. The van der Waals surface area contributed by atoms with E-state index in [9.17, 15) is 9.59 Å². The minimum absolute atomic E-state index is 0.00295. The zero-order chi connectivity index (χ0) is 23.0. The minimum atomic E-state index is -0.302. The maximum atomic E-state index is 13.0. The summed E-state index contributed by atoms with van der Waals surface area (Å²) < 4.78 is 5.57. The highest BCUT2D eigenvalue weighted by atomic mass is 16.5. The Labute approximate surface area is 195 Å². The number of para-hydroxylation sites is 1. The van der Waals surface area contributed by atoms with Crippen molar-refractivity contribution in [3.63, 3.8) is 0 Å². The molecule has 0 radical (unpaired) electrons. The number of hydrogen-bond acceptors (Lipinski definition) is 3. The molecule has 5 nitrogen and oxygen atoms in total. The van der Waals surface area contributed by atoms with Gasteiger partial charge in [0.25, 0.3) is 0 Å². The van der Waals surface area contributed by atoms with Crippen molar-refractivity contribution in [3.8, 4) is 16.9 Å². The molecule has 1 aliphatic heterocycles. The second kappa shape index (κ2) is 10.8. The molecule has 3 aromatic rings. The van der Waals surface area contributed by atoms with Gasteiger partial charge in [0.1, 0.15) is 5.75 Å². The lowest BCUT2D eigenvalue weighted by molar-refractivity contribution is -0.132. The Bertz CT molecular complexity index is 1100. The maximum Gasteiger partial charge on any atom is 0.225 e. The van der Waals surface area contributed by atoms with Crippen molar-refractivity contribution in [1.82, 2.24) is 10.2 Å². The van der Waals surface area contributed by atoms with Gasteiger partial charge in [0, 0.05) is 31.6 Å². The van der Waals surface area contributed by atoms with E-state index in [0.717, 1.165) is 28.0 Å². The lowest BCUT2D eigenvalue weighted by Crippen LogP contribution is -2.37. The van der Waals surface area contributed by atoms with Crippen molar-refractivity contribution in [1.29, 1.82) is 0 Å². The van der Waals surface area contributed by atoms with Gasteiger partial charge < -0.3 is 15.0 Å². The van der Waals surface area contributed by atoms with Crippen LogP contribution in [0.1, 0.15) is 17.5 Å². The summed E-state index contributed by atoms with van der Waals surface area (Å²) in [6.07, 6.45) is 1.71. The van der Waals surface area contributed by atoms with Crippen LogP contribution < -0.4 is 10.1 Å². The summed E-state index contributed by atoms with van der Waals surface area (Å²) in [5.41, 5.74) is 4.27. The van der Waals surface area contributed by atoms with E-state index in [2.05, 4.69) is 17.4 Å². The molecule has 1 atom stereocenters. The van der Waals surface area contributed by atoms with Crippen molar-refractivity contribution in [2.24, 2.45) is 5.92 Å². The first kappa shape index (κ1) is 22.6. The van der Waals surface area contributed by atoms with E-state index in [1.54, 1.807) is 7.11 Å². The van der Waals surface area contributed by atoms with Crippen molar-refractivity contribution in [3.05, 3.63) is 90.0 Å². The average molecular weight is 443 g/mol. The fraction of sp³-hybridized carbons (Fsp3) is 0.286. The lowest BCUT2D eigenvalue weighted by atomic mass is 9.91. The van der Waals surface area contributed by atoms with E-state index in [1.165, 1.54) is 0 Å². The van der Waals surface area contributed by atoms with Crippen LogP contribution in [0.4, 0.5) is 0 Å². The molecule has 1 heterocycles. The van der Waals surface area contributed by atoms with Crippen LogP contribution in [0, 0.1) is 5.92 Å². The third-order valence-electron chi connectivity index (χ3n) is 6.20. The number of amides is 2. The highest BCUT2D eigenvalue weighted by Crippen LogP contribution is 2.33. The van der Waals surface area contributed by atoms with Gasteiger partial charge in [-0.15, -0.1) is 0 Å². The van der Waals surface area contributed by atoms with Crippen molar-refractivity contribution < 1.29 is 14.3 Å². The van der Waals surface area contributed by atoms with Gasteiger partial charge in [-0.2, -0.15) is 0 Å². The summed E-state index contributed by atoms with van der Waals surface area (Å²) in [7, 11) is 1.67. The molecule has 170 valence electrons. The van der Waals surface area contributed by atoms with E-state index < -0.39 is 0 Å². The molecule has 0 aromatic heterocycles. The Morgan fingerprint density at radius 1 is 0.970 bits per heavy atom. The smallest absolute Gasteiger partial charge is 0.225 e. The highest BCUT2D eigenvalue weighted by Gasteiger charge is 2.28. The maximum absolute atomic E-state index is 13.0. The first-order valence-electron chi connectivity index (χ1n) is 11.5. The first-order valence-corrected chi connectivity index (χ1v) is 11.5. The lowest BCUT2D eigenvalue weighted by Gasteiger charge is -2.24.